The third-order valence-electron chi connectivity index (χ3n) is 7.36. The van der Waals surface area contributed by atoms with E-state index < -0.39 is 6.04 Å². The van der Waals surface area contributed by atoms with Crippen LogP contribution in [0.15, 0.2) is 40.8 Å². The molecule has 1 N–H and O–H groups in total. The second-order valence-corrected chi connectivity index (χ2v) is 10.1. The zero-order valence-electron chi connectivity index (χ0n) is 21.1. The lowest BCUT2D eigenvalue weighted by Gasteiger charge is -2.39. The first-order valence-electron chi connectivity index (χ1n) is 13.2. The predicted octanol–water partition coefficient (Wildman–Crippen LogP) is 4.34. The maximum Gasteiger partial charge on any atom is 0.247 e. The number of tetrazole rings is 1. The maximum atomic E-state index is 13.9. The Morgan fingerprint density at radius 3 is 2.43 bits per heavy atom. The van der Waals surface area contributed by atoms with E-state index in [0.29, 0.717) is 17.1 Å². The summed E-state index contributed by atoms with van der Waals surface area (Å²) in [5, 5.41) is 15.6. The van der Waals surface area contributed by atoms with Gasteiger partial charge in [-0.1, -0.05) is 44.2 Å². The Bertz CT molecular complexity index is 1210. The summed E-state index contributed by atoms with van der Waals surface area (Å²) in [6.07, 6.45) is 8.69. The van der Waals surface area contributed by atoms with E-state index in [1.54, 1.807) is 23.1 Å². The minimum Gasteiger partial charge on any atom is -0.458 e. The summed E-state index contributed by atoms with van der Waals surface area (Å²) in [7, 11) is 0. The number of benzene rings is 1. The topological polar surface area (TPSA) is 106 Å². The van der Waals surface area contributed by atoms with Gasteiger partial charge in [0.2, 0.25) is 17.6 Å². The van der Waals surface area contributed by atoms with Crippen LogP contribution in [0.2, 0.25) is 0 Å². The van der Waals surface area contributed by atoms with Crippen molar-refractivity contribution in [1.82, 2.24) is 30.4 Å². The van der Waals surface area contributed by atoms with Crippen molar-refractivity contribution >= 4 is 11.8 Å². The number of furan rings is 1. The van der Waals surface area contributed by atoms with Gasteiger partial charge in [0, 0.05) is 12.1 Å². The van der Waals surface area contributed by atoms with Crippen molar-refractivity contribution in [3.8, 4) is 11.6 Å². The monoisotopic (exact) mass is 508 g/mol. The molecule has 2 heterocycles. The van der Waals surface area contributed by atoms with E-state index in [0.717, 1.165) is 63.5 Å². The van der Waals surface area contributed by atoms with Crippen molar-refractivity contribution in [2.24, 2.45) is 0 Å². The van der Waals surface area contributed by atoms with Crippen LogP contribution in [0, 0.1) is 12.7 Å². The van der Waals surface area contributed by atoms with Gasteiger partial charge >= 0.3 is 0 Å². The third-order valence-corrected chi connectivity index (χ3v) is 7.36. The minimum absolute atomic E-state index is 0.0926. The molecule has 9 nitrogen and oxygen atoms in total. The molecule has 2 aliphatic rings. The van der Waals surface area contributed by atoms with Crippen LogP contribution in [-0.2, 0) is 16.1 Å². The number of halogens is 1. The lowest BCUT2D eigenvalue weighted by atomic mass is 9.91. The molecule has 0 radical (unpaired) electrons. The fourth-order valence-corrected chi connectivity index (χ4v) is 5.52. The molecule has 0 bridgehead atoms. The highest BCUT2D eigenvalue weighted by Gasteiger charge is 2.38. The Hall–Kier alpha value is -3.56. The van der Waals surface area contributed by atoms with Gasteiger partial charge in [0.1, 0.15) is 24.2 Å². The van der Waals surface area contributed by atoms with E-state index in [1.165, 1.54) is 16.9 Å². The zero-order chi connectivity index (χ0) is 25.8. The standard InChI is InChI=1S/C27H33FN6O3/c1-18-11-16-23(37-18)26-30-32-33(31-26)17-24(35)34(22-9-3-2-4-10-22)25(19-12-14-20(28)15-13-19)27(36)29-21-7-5-6-8-21/h11-16,21-22,25H,2-10,17H2,1H3,(H,29,36)/t25-/m0/s1. The number of aromatic nitrogens is 4. The second-order valence-electron chi connectivity index (χ2n) is 10.1. The van der Waals surface area contributed by atoms with Crippen molar-refractivity contribution in [1.29, 1.82) is 0 Å². The van der Waals surface area contributed by atoms with Gasteiger partial charge in [0.25, 0.3) is 0 Å². The van der Waals surface area contributed by atoms with Gasteiger partial charge in [-0.3, -0.25) is 9.59 Å². The highest BCUT2D eigenvalue weighted by molar-refractivity contribution is 5.89. The molecular formula is C27H33FN6O3. The Morgan fingerprint density at radius 2 is 1.76 bits per heavy atom. The molecule has 2 amide bonds. The van der Waals surface area contributed by atoms with Gasteiger partial charge in [-0.2, -0.15) is 4.80 Å². The predicted molar refractivity (Wildman–Crippen MR) is 134 cm³/mol. The molecular weight excluding hydrogens is 475 g/mol. The van der Waals surface area contributed by atoms with Crippen LogP contribution in [-0.4, -0.2) is 49.0 Å². The number of nitrogens with zero attached hydrogens (tertiary/aromatic N) is 5. The first-order chi connectivity index (χ1) is 18.0. The minimum atomic E-state index is -0.868. The molecule has 1 atom stereocenters. The van der Waals surface area contributed by atoms with Crippen molar-refractivity contribution < 1.29 is 18.4 Å². The molecule has 0 unspecified atom stereocenters. The lowest BCUT2D eigenvalue weighted by Crippen LogP contribution is -2.51. The molecule has 5 rings (SSSR count). The van der Waals surface area contributed by atoms with Gasteiger partial charge in [0.05, 0.1) is 0 Å². The summed E-state index contributed by atoms with van der Waals surface area (Å²) in [6, 6.07) is 8.55. The molecule has 2 fully saturated rings. The molecule has 196 valence electrons. The third kappa shape index (κ3) is 5.89. The number of carbonyl (C=O) groups excluding carboxylic acids is 2. The molecule has 2 aromatic heterocycles. The smallest absolute Gasteiger partial charge is 0.247 e. The average molecular weight is 509 g/mol. The summed E-state index contributed by atoms with van der Waals surface area (Å²) < 4.78 is 19.4. The normalized spacial score (nSPS) is 17.6. The zero-order valence-corrected chi connectivity index (χ0v) is 21.1. The lowest BCUT2D eigenvalue weighted by molar-refractivity contribution is -0.145. The first-order valence-corrected chi connectivity index (χ1v) is 13.2. The molecule has 0 aliphatic heterocycles. The van der Waals surface area contributed by atoms with Gasteiger partial charge in [-0.15, -0.1) is 10.2 Å². The highest BCUT2D eigenvalue weighted by Crippen LogP contribution is 2.32. The van der Waals surface area contributed by atoms with E-state index in [2.05, 4.69) is 20.7 Å². The van der Waals surface area contributed by atoms with Crippen LogP contribution in [0.1, 0.15) is 75.2 Å². The average Bonchev–Trinajstić information content (AvgIpc) is 3.66. The van der Waals surface area contributed by atoms with Crippen molar-refractivity contribution in [2.45, 2.75) is 89.4 Å². The number of nitrogens with one attached hydrogen (secondary N) is 1. The summed E-state index contributed by atoms with van der Waals surface area (Å²) in [5.74, 6) is 0.598. The summed E-state index contributed by atoms with van der Waals surface area (Å²) in [4.78, 5) is 30.6. The van der Waals surface area contributed by atoms with Crippen molar-refractivity contribution in [3.05, 3.63) is 53.5 Å². The maximum absolute atomic E-state index is 13.9. The van der Waals surface area contributed by atoms with Crippen molar-refractivity contribution in [2.75, 3.05) is 0 Å². The van der Waals surface area contributed by atoms with Crippen LogP contribution in [0.4, 0.5) is 4.39 Å². The molecule has 10 heteroatoms. The Morgan fingerprint density at radius 1 is 1.05 bits per heavy atom. The molecule has 0 spiro atoms. The highest BCUT2D eigenvalue weighted by atomic mass is 19.1. The van der Waals surface area contributed by atoms with E-state index >= 15 is 0 Å². The Kier molecular flexibility index (Phi) is 7.62. The molecule has 37 heavy (non-hydrogen) atoms. The van der Waals surface area contributed by atoms with Gasteiger partial charge in [-0.05, 0) is 67.6 Å². The summed E-state index contributed by atoms with van der Waals surface area (Å²) in [5.41, 5.74) is 0.592. The van der Waals surface area contributed by atoms with Crippen molar-refractivity contribution in [3.63, 3.8) is 0 Å². The van der Waals surface area contributed by atoms with E-state index in [1.807, 2.05) is 13.0 Å². The molecule has 2 saturated carbocycles. The molecule has 1 aromatic carbocycles. The number of aryl methyl sites for hydroxylation is 1. The summed E-state index contributed by atoms with van der Waals surface area (Å²) in [6.45, 7) is 1.66. The fraction of sp³-hybridized carbons (Fsp3) is 0.519. The molecule has 3 aromatic rings. The first kappa shape index (κ1) is 25.1. The number of rotatable bonds is 8. The molecule has 0 saturated heterocycles. The van der Waals surface area contributed by atoms with E-state index in [-0.39, 0.29) is 36.3 Å². The Balaban J connectivity index is 1.45. The van der Waals surface area contributed by atoms with Gasteiger partial charge in [0.15, 0.2) is 5.76 Å². The number of amides is 2. The number of hydrogen-bond donors (Lipinski definition) is 1. The Labute approximate surface area is 215 Å². The SMILES string of the molecule is Cc1ccc(-c2nnn(CC(=O)N(C3CCCCC3)[C@H](C(=O)NC3CCCC3)c3ccc(F)cc3)n2)o1. The van der Waals surface area contributed by atoms with Crippen LogP contribution < -0.4 is 5.32 Å². The molecule has 2 aliphatic carbocycles. The number of hydrogen-bond acceptors (Lipinski definition) is 6. The van der Waals surface area contributed by atoms with Crippen LogP contribution in [0.5, 0.6) is 0 Å². The summed E-state index contributed by atoms with van der Waals surface area (Å²) >= 11 is 0. The second kappa shape index (κ2) is 11.2. The number of carbonyl (C=O) groups is 2. The van der Waals surface area contributed by atoms with Crippen LogP contribution >= 0.6 is 0 Å². The van der Waals surface area contributed by atoms with Gasteiger partial charge in [-0.25, -0.2) is 4.39 Å². The van der Waals surface area contributed by atoms with Crippen LogP contribution in [0.25, 0.3) is 11.6 Å². The van der Waals surface area contributed by atoms with E-state index in [4.69, 9.17) is 4.42 Å². The largest absolute Gasteiger partial charge is 0.458 e. The van der Waals surface area contributed by atoms with Gasteiger partial charge < -0.3 is 14.6 Å². The van der Waals surface area contributed by atoms with Crippen LogP contribution in [0.3, 0.4) is 0 Å². The van der Waals surface area contributed by atoms with E-state index in [9.17, 15) is 14.0 Å². The fourth-order valence-electron chi connectivity index (χ4n) is 5.52. The quantitative estimate of drug-likeness (QED) is 0.485.